The number of anilines is 1. The monoisotopic (exact) mass is 264 g/mol. The highest BCUT2D eigenvalue weighted by molar-refractivity contribution is 7.10. The number of carbonyl (C=O) groups is 1. The van der Waals surface area contributed by atoms with Crippen LogP contribution < -0.4 is 5.32 Å². The number of nitrogens with zero attached hydrogens (tertiary/aromatic N) is 1. The summed E-state index contributed by atoms with van der Waals surface area (Å²) in [6.07, 6.45) is 4.77. The summed E-state index contributed by atoms with van der Waals surface area (Å²) >= 11 is 7.22. The van der Waals surface area contributed by atoms with Gasteiger partial charge in [-0.2, -0.15) is 0 Å². The van der Waals surface area contributed by atoms with E-state index in [0.29, 0.717) is 10.8 Å². The molecule has 17 heavy (non-hydrogen) atoms. The van der Waals surface area contributed by atoms with Crippen molar-refractivity contribution in [1.82, 2.24) is 4.98 Å². The van der Waals surface area contributed by atoms with Crippen molar-refractivity contribution in [3.8, 4) is 0 Å². The van der Waals surface area contributed by atoms with Gasteiger partial charge in [0, 0.05) is 11.0 Å². The number of halogens is 1. The molecule has 0 aromatic carbocycles. The molecule has 0 unspecified atom stereocenters. The van der Waals surface area contributed by atoms with Gasteiger partial charge in [0.1, 0.15) is 5.15 Å². The second kappa shape index (κ2) is 5.61. The summed E-state index contributed by atoms with van der Waals surface area (Å²) in [5.74, 6) is -0.192. The Morgan fingerprint density at radius 1 is 1.41 bits per heavy atom. The predicted molar refractivity (Wildman–Crippen MR) is 71.2 cm³/mol. The molecule has 2 aromatic rings. The topological polar surface area (TPSA) is 42.0 Å². The van der Waals surface area contributed by atoms with Gasteiger partial charge >= 0.3 is 0 Å². The molecule has 1 amide bonds. The molecule has 0 radical (unpaired) electrons. The zero-order valence-corrected chi connectivity index (χ0v) is 10.3. The SMILES string of the molecule is O=C(/C=C/c1cccs1)Nc1ccc(Cl)nc1. The van der Waals surface area contributed by atoms with E-state index in [-0.39, 0.29) is 5.91 Å². The molecule has 0 aliphatic rings. The van der Waals surface area contributed by atoms with Crippen molar-refractivity contribution in [2.45, 2.75) is 0 Å². The summed E-state index contributed by atoms with van der Waals surface area (Å²) < 4.78 is 0. The number of thiophene rings is 1. The molecule has 0 fully saturated rings. The number of carbonyl (C=O) groups excluding carboxylic acids is 1. The first kappa shape index (κ1) is 11.8. The maximum absolute atomic E-state index is 11.5. The van der Waals surface area contributed by atoms with Gasteiger partial charge in [0.15, 0.2) is 0 Å². The van der Waals surface area contributed by atoms with Crippen LogP contribution in [0.15, 0.2) is 41.9 Å². The third kappa shape index (κ3) is 3.69. The van der Waals surface area contributed by atoms with Crippen molar-refractivity contribution in [3.63, 3.8) is 0 Å². The van der Waals surface area contributed by atoms with Gasteiger partial charge < -0.3 is 5.32 Å². The number of aromatic nitrogens is 1. The lowest BCUT2D eigenvalue weighted by Gasteiger charge is -2.00. The highest BCUT2D eigenvalue weighted by Gasteiger charge is 1.98. The van der Waals surface area contributed by atoms with Gasteiger partial charge in [-0.1, -0.05) is 17.7 Å². The first-order chi connectivity index (χ1) is 8.24. The van der Waals surface area contributed by atoms with Crippen LogP contribution in [0.4, 0.5) is 5.69 Å². The number of hydrogen-bond acceptors (Lipinski definition) is 3. The van der Waals surface area contributed by atoms with Gasteiger partial charge in [-0.15, -0.1) is 11.3 Å². The van der Waals surface area contributed by atoms with Crippen LogP contribution in [0.1, 0.15) is 4.88 Å². The average Bonchev–Trinajstić information content (AvgIpc) is 2.83. The molecule has 0 saturated carbocycles. The third-order valence-corrected chi connectivity index (χ3v) is 3.00. The van der Waals surface area contributed by atoms with Crippen molar-refractivity contribution in [1.29, 1.82) is 0 Å². The summed E-state index contributed by atoms with van der Waals surface area (Å²) in [6.45, 7) is 0. The van der Waals surface area contributed by atoms with Crippen molar-refractivity contribution in [3.05, 3.63) is 51.9 Å². The van der Waals surface area contributed by atoms with E-state index in [1.165, 1.54) is 12.3 Å². The highest BCUT2D eigenvalue weighted by atomic mass is 35.5. The Bertz CT molecular complexity index is 520. The summed E-state index contributed by atoms with van der Waals surface area (Å²) in [5.41, 5.74) is 0.621. The van der Waals surface area contributed by atoms with Crippen LogP contribution in [0.5, 0.6) is 0 Å². The molecule has 3 nitrogen and oxygen atoms in total. The van der Waals surface area contributed by atoms with Crippen LogP contribution in [0.25, 0.3) is 6.08 Å². The lowest BCUT2D eigenvalue weighted by atomic mass is 10.3. The van der Waals surface area contributed by atoms with Gasteiger partial charge in [-0.25, -0.2) is 4.98 Å². The fraction of sp³-hybridized carbons (Fsp3) is 0. The molecule has 1 N–H and O–H groups in total. The zero-order valence-electron chi connectivity index (χ0n) is 8.76. The van der Waals surface area contributed by atoms with E-state index in [0.717, 1.165) is 4.88 Å². The van der Waals surface area contributed by atoms with E-state index in [1.54, 1.807) is 29.5 Å². The van der Waals surface area contributed by atoms with E-state index in [9.17, 15) is 4.79 Å². The molecule has 0 aliphatic carbocycles. The first-order valence-corrected chi connectivity index (χ1v) is 6.14. The van der Waals surface area contributed by atoms with Crippen molar-refractivity contribution >= 4 is 40.6 Å². The number of pyridine rings is 1. The molecule has 2 aromatic heterocycles. The number of rotatable bonds is 3. The second-order valence-corrected chi connectivity index (χ2v) is 4.57. The van der Waals surface area contributed by atoms with E-state index < -0.39 is 0 Å². The minimum Gasteiger partial charge on any atom is -0.321 e. The Hall–Kier alpha value is -1.65. The molecule has 0 aliphatic heterocycles. The summed E-state index contributed by atoms with van der Waals surface area (Å²) in [7, 11) is 0. The first-order valence-electron chi connectivity index (χ1n) is 4.88. The predicted octanol–water partition coefficient (Wildman–Crippen LogP) is 3.45. The molecular weight excluding hydrogens is 256 g/mol. The van der Waals surface area contributed by atoms with Gasteiger partial charge in [0.2, 0.25) is 5.91 Å². The van der Waals surface area contributed by atoms with Gasteiger partial charge in [0.05, 0.1) is 11.9 Å². The van der Waals surface area contributed by atoms with Gasteiger partial charge in [-0.3, -0.25) is 4.79 Å². The van der Waals surface area contributed by atoms with Crippen LogP contribution in [0.3, 0.4) is 0 Å². The molecule has 0 spiro atoms. The Kier molecular flexibility index (Phi) is 3.90. The van der Waals surface area contributed by atoms with Crippen LogP contribution in [0.2, 0.25) is 5.15 Å². The maximum Gasteiger partial charge on any atom is 0.248 e. The van der Waals surface area contributed by atoms with Crippen LogP contribution in [-0.4, -0.2) is 10.9 Å². The molecule has 0 bridgehead atoms. The molecule has 0 saturated heterocycles. The Balaban J connectivity index is 1.95. The number of amides is 1. The van der Waals surface area contributed by atoms with Gasteiger partial charge in [-0.05, 0) is 29.7 Å². The average molecular weight is 265 g/mol. The third-order valence-electron chi connectivity index (χ3n) is 1.94. The van der Waals surface area contributed by atoms with Crippen LogP contribution >= 0.6 is 22.9 Å². The zero-order chi connectivity index (χ0) is 12.1. The Morgan fingerprint density at radius 2 is 2.29 bits per heavy atom. The number of hydrogen-bond donors (Lipinski definition) is 1. The normalized spacial score (nSPS) is 10.6. The summed E-state index contributed by atoms with van der Waals surface area (Å²) in [4.78, 5) is 16.4. The standard InChI is InChI=1S/C12H9ClN2OS/c13-11-5-3-9(8-14-11)15-12(16)6-4-10-2-1-7-17-10/h1-8H,(H,15,16)/b6-4+. The van der Waals surface area contributed by atoms with Gasteiger partial charge in [0.25, 0.3) is 0 Å². The van der Waals surface area contributed by atoms with Crippen molar-refractivity contribution < 1.29 is 4.79 Å². The fourth-order valence-electron chi connectivity index (χ4n) is 1.18. The molecule has 86 valence electrons. The smallest absolute Gasteiger partial charge is 0.248 e. The van der Waals surface area contributed by atoms with Crippen molar-refractivity contribution in [2.24, 2.45) is 0 Å². The van der Waals surface area contributed by atoms with Crippen molar-refractivity contribution in [2.75, 3.05) is 5.32 Å². The largest absolute Gasteiger partial charge is 0.321 e. The lowest BCUT2D eigenvalue weighted by Crippen LogP contribution is -2.07. The summed E-state index contributed by atoms with van der Waals surface area (Å²) in [5, 5.41) is 5.05. The van der Waals surface area contributed by atoms with E-state index in [2.05, 4.69) is 10.3 Å². The minimum absolute atomic E-state index is 0.192. The second-order valence-electron chi connectivity index (χ2n) is 3.21. The molecule has 2 rings (SSSR count). The molecular formula is C12H9ClN2OS. The Morgan fingerprint density at radius 3 is 2.94 bits per heavy atom. The van der Waals surface area contributed by atoms with E-state index in [4.69, 9.17) is 11.6 Å². The van der Waals surface area contributed by atoms with Crippen LogP contribution in [0, 0.1) is 0 Å². The Labute approximate surface area is 108 Å². The maximum atomic E-state index is 11.5. The molecule has 0 atom stereocenters. The number of nitrogens with one attached hydrogen (secondary N) is 1. The minimum atomic E-state index is -0.192. The molecule has 2 heterocycles. The summed E-state index contributed by atoms with van der Waals surface area (Å²) in [6, 6.07) is 7.20. The quantitative estimate of drug-likeness (QED) is 0.681. The highest BCUT2D eigenvalue weighted by Crippen LogP contribution is 2.12. The molecule has 5 heteroatoms. The van der Waals surface area contributed by atoms with E-state index >= 15 is 0 Å². The van der Waals surface area contributed by atoms with Crippen LogP contribution in [-0.2, 0) is 4.79 Å². The lowest BCUT2D eigenvalue weighted by molar-refractivity contribution is -0.111. The van der Waals surface area contributed by atoms with E-state index in [1.807, 2.05) is 17.5 Å². The fourth-order valence-corrected chi connectivity index (χ4v) is 1.91.